The Morgan fingerprint density at radius 2 is 1.86 bits per heavy atom. The molecular formula is C23H28ClN3O7S. The zero-order valence-electron chi connectivity index (χ0n) is 19.4. The first kappa shape index (κ1) is 25.5. The van der Waals surface area contributed by atoms with Crippen LogP contribution in [0.2, 0.25) is 5.02 Å². The molecule has 190 valence electrons. The summed E-state index contributed by atoms with van der Waals surface area (Å²) < 4.78 is 48.2. The minimum atomic E-state index is -3.71. The Bertz CT molecular complexity index is 1150. The van der Waals surface area contributed by atoms with E-state index < -0.39 is 10.0 Å². The van der Waals surface area contributed by atoms with Gasteiger partial charge in [0.05, 0.1) is 16.5 Å². The largest absolute Gasteiger partial charge is 0.482 e. The van der Waals surface area contributed by atoms with Crippen molar-refractivity contribution in [2.24, 2.45) is 0 Å². The van der Waals surface area contributed by atoms with Gasteiger partial charge < -0.3 is 23.8 Å². The lowest BCUT2D eigenvalue weighted by molar-refractivity contribution is -0.135. The Balaban J connectivity index is 1.24. The van der Waals surface area contributed by atoms with Gasteiger partial charge in [0, 0.05) is 46.4 Å². The molecule has 0 aliphatic carbocycles. The molecule has 1 fully saturated rings. The van der Waals surface area contributed by atoms with Gasteiger partial charge in [0.1, 0.15) is 5.75 Å². The molecule has 1 saturated heterocycles. The third-order valence-electron chi connectivity index (χ3n) is 5.73. The second kappa shape index (κ2) is 11.4. The van der Waals surface area contributed by atoms with Gasteiger partial charge in [-0.05, 0) is 35.9 Å². The topological polar surface area (TPSA) is 107 Å². The van der Waals surface area contributed by atoms with E-state index in [9.17, 15) is 13.2 Å². The fraction of sp³-hybridized carbons (Fsp3) is 0.435. The zero-order valence-corrected chi connectivity index (χ0v) is 20.9. The lowest BCUT2D eigenvalue weighted by Crippen LogP contribution is -2.49. The molecule has 2 heterocycles. The molecule has 10 nitrogen and oxygen atoms in total. The van der Waals surface area contributed by atoms with Crippen LogP contribution in [0, 0.1) is 0 Å². The molecule has 0 unspecified atom stereocenters. The summed E-state index contributed by atoms with van der Waals surface area (Å²) in [5.41, 5.74) is 1.13. The first-order valence-electron chi connectivity index (χ1n) is 11.2. The number of nitrogens with one attached hydrogen (secondary N) is 1. The van der Waals surface area contributed by atoms with Crippen LogP contribution in [0.5, 0.6) is 17.2 Å². The standard InChI is InChI=1S/C23H28ClN3O7S/c1-31-11-6-25-35(29,30)18-3-5-20(19(24)13-18)32-15-23(28)27-9-7-26(8-10-27)14-17-2-4-21-22(12-17)34-16-33-21/h2-5,12-13,25H,6-11,14-16H2,1H3. The number of ether oxygens (including phenoxy) is 4. The monoisotopic (exact) mass is 525 g/mol. The molecule has 0 atom stereocenters. The van der Waals surface area contributed by atoms with Gasteiger partial charge in [0.15, 0.2) is 18.1 Å². The molecule has 0 aromatic heterocycles. The molecule has 0 radical (unpaired) electrons. The van der Waals surface area contributed by atoms with Gasteiger partial charge >= 0.3 is 0 Å². The number of nitrogens with zero attached hydrogens (tertiary/aromatic N) is 2. The third kappa shape index (κ3) is 6.56. The van der Waals surface area contributed by atoms with Gasteiger partial charge in [0.2, 0.25) is 16.8 Å². The maximum absolute atomic E-state index is 12.6. The predicted octanol–water partition coefficient (Wildman–Crippen LogP) is 1.72. The first-order chi connectivity index (χ1) is 16.9. The number of carbonyl (C=O) groups is 1. The van der Waals surface area contributed by atoms with Crippen molar-refractivity contribution < 1.29 is 32.2 Å². The lowest BCUT2D eigenvalue weighted by Gasteiger charge is -2.34. The lowest BCUT2D eigenvalue weighted by atomic mass is 10.1. The molecule has 2 aliphatic rings. The van der Waals surface area contributed by atoms with Gasteiger partial charge in [-0.3, -0.25) is 9.69 Å². The Kier molecular flexibility index (Phi) is 8.34. The van der Waals surface area contributed by atoms with Gasteiger partial charge in [-0.15, -0.1) is 0 Å². The molecule has 0 bridgehead atoms. The van der Waals surface area contributed by atoms with Crippen LogP contribution in [-0.4, -0.2) is 84.0 Å². The number of rotatable bonds is 10. The van der Waals surface area contributed by atoms with E-state index >= 15 is 0 Å². The molecule has 35 heavy (non-hydrogen) atoms. The van der Waals surface area contributed by atoms with Crippen LogP contribution in [0.4, 0.5) is 0 Å². The van der Waals surface area contributed by atoms with Gasteiger partial charge in [-0.1, -0.05) is 17.7 Å². The van der Waals surface area contributed by atoms with E-state index in [-0.39, 0.29) is 48.1 Å². The molecule has 4 rings (SSSR count). The van der Waals surface area contributed by atoms with E-state index in [0.29, 0.717) is 13.1 Å². The van der Waals surface area contributed by atoms with Crippen LogP contribution in [0.25, 0.3) is 0 Å². The van der Waals surface area contributed by atoms with Gasteiger partial charge in [-0.2, -0.15) is 0 Å². The van der Waals surface area contributed by atoms with Crippen LogP contribution < -0.4 is 18.9 Å². The highest BCUT2D eigenvalue weighted by Crippen LogP contribution is 2.33. The second-order valence-electron chi connectivity index (χ2n) is 8.12. The average molecular weight is 526 g/mol. The van der Waals surface area contributed by atoms with Crippen molar-refractivity contribution in [2.75, 3.05) is 59.8 Å². The number of piperazine rings is 1. The predicted molar refractivity (Wildman–Crippen MR) is 128 cm³/mol. The molecular weight excluding hydrogens is 498 g/mol. The molecule has 1 N–H and O–H groups in total. The van der Waals surface area contributed by atoms with Crippen LogP contribution in [0.15, 0.2) is 41.3 Å². The Hall–Kier alpha value is -2.57. The molecule has 0 spiro atoms. The number of methoxy groups -OCH3 is 1. The number of sulfonamides is 1. The summed E-state index contributed by atoms with van der Waals surface area (Å²) in [5, 5.41) is 0.112. The molecule has 12 heteroatoms. The summed E-state index contributed by atoms with van der Waals surface area (Å²) in [4.78, 5) is 16.7. The van der Waals surface area contributed by atoms with Gasteiger partial charge in [0.25, 0.3) is 5.91 Å². The van der Waals surface area contributed by atoms with E-state index in [2.05, 4.69) is 9.62 Å². The highest BCUT2D eigenvalue weighted by molar-refractivity contribution is 7.89. The van der Waals surface area contributed by atoms with Crippen LogP contribution in [0.3, 0.4) is 0 Å². The SMILES string of the molecule is COCCNS(=O)(=O)c1ccc(OCC(=O)N2CCN(Cc3ccc4c(c3)OCO4)CC2)c(Cl)c1. The van der Waals surface area contributed by atoms with Crippen molar-refractivity contribution in [3.63, 3.8) is 0 Å². The first-order valence-corrected chi connectivity index (χ1v) is 13.0. The van der Waals surface area contributed by atoms with Crippen molar-refractivity contribution in [3.05, 3.63) is 47.0 Å². The van der Waals surface area contributed by atoms with Crippen LogP contribution in [0.1, 0.15) is 5.56 Å². The summed E-state index contributed by atoms with van der Waals surface area (Å²) in [6, 6.07) is 10.1. The van der Waals surface area contributed by atoms with E-state index in [1.54, 1.807) is 4.90 Å². The van der Waals surface area contributed by atoms with Crippen molar-refractivity contribution in [1.82, 2.24) is 14.5 Å². The highest BCUT2D eigenvalue weighted by atomic mass is 35.5. The summed E-state index contributed by atoms with van der Waals surface area (Å²) in [6.45, 7) is 3.89. The maximum atomic E-state index is 12.6. The molecule has 0 saturated carbocycles. The normalized spacial score (nSPS) is 15.9. The van der Waals surface area contributed by atoms with Crippen LogP contribution >= 0.6 is 11.6 Å². The van der Waals surface area contributed by atoms with E-state index in [1.165, 1.54) is 25.3 Å². The number of hydrogen-bond acceptors (Lipinski definition) is 8. The van der Waals surface area contributed by atoms with Crippen molar-refractivity contribution >= 4 is 27.5 Å². The molecule has 2 aromatic rings. The summed E-state index contributed by atoms with van der Waals surface area (Å²) in [7, 11) is -2.23. The minimum absolute atomic E-state index is 0.0101. The molecule has 2 aromatic carbocycles. The van der Waals surface area contributed by atoms with Crippen molar-refractivity contribution in [3.8, 4) is 17.2 Å². The number of benzene rings is 2. The second-order valence-corrected chi connectivity index (χ2v) is 10.3. The smallest absolute Gasteiger partial charge is 0.260 e. The zero-order chi connectivity index (χ0) is 24.8. The number of amides is 1. The summed E-state index contributed by atoms with van der Waals surface area (Å²) in [6.07, 6.45) is 0. The quantitative estimate of drug-likeness (QED) is 0.467. The Morgan fingerprint density at radius 1 is 1.09 bits per heavy atom. The van der Waals surface area contributed by atoms with E-state index in [1.807, 2.05) is 18.2 Å². The molecule has 1 amide bonds. The Labute approximate surface area is 209 Å². The number of carbonyl (C=O) groups excluding carboxylic acids is 1. The van der Waals surface area contributed by atoms with E-state index in [0.717, 1.165) is 36.7 Å². The fourth-order valence-electron chi connectivity index (χ4n) is 3.81. The van der Waals surface area contributed by atoms with Crippen molar-refractivity contribution in [2.45, 2.75) is 11.4 Å². The fourth-order valence-corrected chi connectivity index (χ4v) is 5.15. The van der Waals surface area contributed by atoms with E-state index in [4.69, 9.17) is 30.5 Å². The highest BCUT2D eigenvalue weighted by Gasteiger charge is 2.23. The third-order valence-corrected chi connectivity index (χ3v) is 7.49. The average Bonchev–Trinajstić information content (AvgIpc) is 3.31. The summed E-state index contributed by atoms with van der Waals surface area (Å²) in [5.74, 6) is 1.62. The Morgan fingerprint density at radius 3 is 2.60 bits per heavy atom. The number of hydrogen-bond donors (Lipinski definition) is 1. The minimum Gasteiger partial charge on any atom is -0.482 e. The molecule has 2 aliphatic heterocycles. The van der Waals surface area contributed by atoms with Gasteiger partial charge in [-0.25, -0.2) is 13.1 Å². The maximum Gasteiger partial charge on any atom is 0.260 e. The summed E-state index contributed by atoms with van der Waals surface area (Å²) >= 11 is 6.21. The number of fused-ring (bicyclic) bond motifs is 1. The number of halogens is 1. The van der Waals surface area contributed by atoms with Crippen LogP contribution in [-0.2, 0) is 26.1 Å². The van der Waals surface area contributed by atoms with Crippen molar-refractivity contribution in [1.29, 1.82) is 0 Å².